The van der Waals surface area contributed by atoms with Gasteiger partial charge in [-0.1, -0.05) is 6.07 Å². The number of benzene rings is 1. The second kappa shape index (κ2) is 4.32. The van der Waals surface area contributed by atoms with E-state index in [4.69, 9.17) is 4.42 Å². The molecule has 84 valence electrons. The molecule has 1 unspecified atom stereocenters. The highest BCUT2D eigenvalue weighted by Crippen LogP contribution is 2.23. The van der Waals surface area contributed by atoms with Crippen LogP contribution < -0.4 is 5.32 Å². The average molecular weight is 219 g/mol. The molecule has 1 aromatic carbocycles. The van der Waals surface area contributed by atoms with Gasteiger partial charge in [0.25, 0.3) is 0 Å². The van der Waals surface area contributed by atoms with Crippen LogP contribution in [0, 0.1) is 0 Å². The Morgan fingerprint density at radius 2 is 2.19 bits per heavy atom. The largest absolute Gasteiger partial charge is 0.508 e. The van der Waals surface area contributed by atoms with E-state index in [1.165, 1.54) is 0 Å². The molecule has 5 heteroatoms. The SMILES string of the molecule is CNC(C)c1nnc(-c2cccc(O)c2)o1. The number of phenolic OH excluding ortho intramolecular Hbond substituents is 1. The Labute approximate surface area is 93.1 Å². The first-order valence-corrected chi connectivity index (χ1v) is 5.01. The van der Waals surface area contributed by atoms with E-state index in [0.717, 1.165) is 0 Å². The van der Waals surface area contributed by atoms with Gasteiger partial charge in [-0.3, -0.25) is 0 Å². The normalized spacial score (nSPS) is 12.6. The molecule has 2 N–H and O–H groups in total. The van der Waals surface area contributed by atoms with Crippen molar-refractivity contribution in [3.05, 3.63) is 30.2 Å². The quantitative estimate of drug-likeness (QED) is 0.822. The van der Waals surface area contributed by atoms with E-state index in [-0.39, 0.29) is 11.8 Å². The lowest BCUT2D eigenvalue weighted by molar-refractivity contribution is 0.440. The first-order chi connectivity index (χ1) is 7.70. The van der Waals surface area contributed by atoms with Crippen LogP contribution in [0.25, 0.3) is 11.5 Å². The molecule has 2 aromatic rings. The van der Waals surface area contributed by atoms with Gasteiger partial charge >= 0.3 is 0 Å². The third-order valence-electron chi connectivity index (χ3n) is 2.34. The van der Waals surface area contributed by atoms with Gasteiger partial charge in [-0.25, -0.2) is 0 Å². The van der Waals surface area contributed by atoms with Crippen LogP contribution in [0.2, 0.25) is 0 Å². The molecule has 1 heterocycles. The second-order valence-electron chi connectivity index (χ2n) is 3.51. The van der Waals surface area contributed by atoms with E-state index < -0.39 is 0 Å². The molecule has 0 aliphatic heterocycles. The van der Waals surface area contributed by atoms with Crippen LogP contribution in [0.5, 0.6) is 5.75 Å². The molecule has 0 saturated carbocycles. The van der Waals surface area contributed by atoms with E-state index >= 15 is 0 Å². The molecular weight excluding hydrogens is 206 g/mol. The monoisotopic (exact) mass is 219 g/mol. The maximum absolute atomic E-state index is 9.33. The molecular formula is C11H13N3O2. The van der Waals surface area contributed by atoms with Crippen molar-refractivity contribution in [3.63, 3.8) is 0 Å². The van der Waals surface area contributed by atoms with Crippen molar-refractivity contribution in [1.82, 2.24) is 15.5 Å². The predicted octanol–water partition coefficient (Wildman–Crippen LogP) is 1.72. The Kier molecular flexibility index (Phi) is 2.87. The predicted molar refractivity (Wildman–Crippen MR) is 58.9 cm³/mol. The summed E-state index contributed by atoms with van der Waals surface area (Å²) in [4.78, 5) is 0. The zero-order valence-electron chi connectivity index (χ0n) is 9.14. The zero-order chi connectivity index (χ0) is 11.5. The number of aromatic nitrogens is 2. The summed E-state index contributed by atoms with van der Waals surface area (Å²) in [6.45, 7) is 1.93. The number of hydrogen-bond donors (Lipinski definition) is 2. The summed E-state index contributed by atoms with van der Waals surface area (Å²) in [5.41, 5.74) is 0.710. The van der Waals surface area contributed by atoms with Gasteiger partial charge in [-0.15, -0.1) is 10.2 Å². The molecule has 5 nitrogen and oxygen atoms in total. The van der Waals surface area contributed by atoms with Crippen LogP contribution in [-0.2, 0) is 0 Å². The zero-order valence-corrected chi connectivity index (χ0v) is 9.14. The van der Waals surface area contributed by atoms with Crippen LogP contribution in [-0.4, -0.2) is 22.4 Å². The van der Waals surface area contributed by atoms with E-state index in [9.17, 15) is 5.11 Å². The first-order valence-electron chi connectivity index (χ1n) is 5.01. The minimum atomic E-state index is 0.0126. The van der Waals surface area contributed by atoms with Gasteiger partial charge in [-0.2, -0.15) is 0 Å². The fourth-order valence-electron chi connectivity index (χ4n) is 1.29. The molecule has 0 saturated heterocycles. The number of nitrogens with zero attached hydrogens (tertiary/aromatic N) is 2. The lowest BCUT2D eigenvalue weighted by Gasteiger charge is -2.02. The number of rotatable bonds is 3. The van der Waals surface area contributed by atoms with Gasteiger partial charge in [-0.05, 0) is 32.2 Å². The topological polar surface area (TPSA) is 71.2 Å². The van der Waals surface area contributed by atoms with Gasteiger partial charge in [0, 0.05) is 5.56 Å². The average Bonchev–Trinajstić information content (AvgIpc) is 2.77. The fourth-order valence-corrected chi connectivity index (χ4v) is 1.29. The maximum atomic E-state index is 9.33. The number of phenols is 1. The molecule has 1 atom stereocenters. The standard InChI is InChI=1S/C11H13N3O2/c1-7(12-2)10-13-14-11(16-10)8-4-3-5-9(15)6-8/h3-7,12,15H,1-2H3. The lowest BCUT2D eigenvalue weighted by Crippen LogP contribution is -2.12. The van der Waals surface area contributed by atoms with Crippen LogP contribution in [0.15, 0.2) is 28.7 Å². The van der Waals surface area contributed by atoms with Gasteiger partial charge in [0.1, 0.15) is 5.75 Å². The van der Waals surface area contributed by atoms with Crippen molar-refractivity contribution in [2.45, 2.75) is 13.0 Å². The van der Waals surface area contributed by atoms with Crippen molar-refractivity contribution in [2.24, 2.45) is 0 Å². The highest BCUT2D eigenvalue weighted by atomic mass is 16.4. The van der Waals surface area contributed by atoms with Crippen molar-refractivity contribution < 1.29 is 9.52 Å². The van der Waals surface area contributed by atoms with E-state index in [2.05, 4.69) is 15.5 Å². The molecule has 0 radical (unpaired) electrons. The van der Waals surface area contributed by atoms with E-state index in [0.29, 0.717) is 17.3 Å². The highest BCUT2D eigenvalue weighted by molar-refractivity contribution is 5.55. The summed E-state index contributed by atoms with van der Waals surface area (Å²) in [5, 5.41) is 20.2. The summed E-state index contributed by atoms with van der Waals surface area (Å²) in [5.74, 6) is 1.12. The van der Waals surface area contributed by atoms with Gasteiger partial charge in [0.15, 0.2) is 0 Å². The Morgan fingerprint density at radius 3 is 2.88 bits per heavy atom. The second-order valence-corrected chi connectivity index (χ2v) is 3.51. The molecule has 16 heavy (non-hydrogen) atoms. The molecule has 0 fully saturated rings. The van der Waals surface area contributed by atoms with Crippen molar-refractivity contribution in [3.8, 4) is 17.2 Å². The number of hydrogen-bond acceptors (Lipinski definition) is 5. The van der Waals surface area contributed by atoms with Crippen molar-refractivity contribution >= 4 is 0 Å². The van der Waals surface area contributed by atoms with Crippen LogP contribution >= 0.6 is 0 Å². The summed E-state index contributed by atoms with van der Waals surface area (Å²) in [7, 11) is 1.82. The van der Waals surface area contributed by atoms with E-state index in [1.54, 1.807) is 24.3 Å². The molecule has 2 rings (SSSR count). The van der Waals surface area contributed by atoms with Gasteiger partial charge in [0.2, 0.25) is 11.8 Å². The third-order valence-corrected chi connectivity index (χ3v) is 2.34. The Morgan fingerprint density at radius 1 is 1.38 bits per heavy atom. The number of aromatic hydroxyl groups is 1. The Balaban J connectivity index is 2.31. The lowest BCUT2D eigenvalue weighted by atomic mass is 10.2. The van der Waals surface area contributed by atoms with Crippen molar-refractivity contribution in [2.75, 3.05) is 7.05 Å². The minimum Gasteiger partial charge on any atom is -0.508 e. The maximum Gasteiger partial charge on any atom is 0.247 e. The summed E-state index contributed by atoms with van der Waals surface area (Å²) >= 11 is 0. The fraction of sp³-hybridized carbons (Fsp3) is 0.273. The minimum absolute atomic E-state index is 0.0126. The highest BCUT2D eigenvalue weighted by Gasteiger charge is 2.13. The third kappa shape index (κ3) is 2.04. The Bertz CT molecular complexity index is 482. The molecule has 0 amide bonds. The van der Waals surface area contributed by atoms with Crippen molar-refractivity contribution in [1.29, 1.82) is 0 Å². The molecule has 0 aliphatic carbocycles. The molecule has 0 bridgehead atoms. The first kappa shape index (κ1) is 10.6. The van der Waals surface area contributed by atoms with Crippen LogP contribution in [0.1, 0.15) is 18.9 Å². The smallest absolute Gasteiger partial charge is 0.247 e. The van der Waals surface area contributed by atoms with Gasteiger partial charge < -0.3 is 14.8 Å². The van der Waals surface area contributed by atoms with Crippen LogP contribution in [0.3, 0.4) is 0 Å². The number of nitrogens with one attached hydrogen (secondary N) is 1. The van der Waals surface area contributed by atoms with Crippen LogP contribution in [0.4, 0.5) is 0 Å². The summed E-state index contributed by atoms with van der Waals surface area (Å²) in [6, 6.07) is 6.73. The molecule has 1 aromatic heterocycles. The van der Waals surface area contributed by atoms with E-state index in [1.807, 2.05) is 14.0 Å². The molecule has 0 aliphatic rings. The summed E-state index contributed by atoms with van der Waals surface area (Å²) in [6.07, 6.45) is 0. The molecule has 0 spiro atoms. The van der Waals surface area contributed by atoms with Gasteiger partial charge in [0.05, 0.1) is 6.04 Å². The summed E-state index contributed by atoms with van der Waals surface area (Å²) < 4.78 is 5.48. The Hall–Kier alpha value is -1.88.